The SMILES string of the molecule is CCOC(=O)CCCNC(=O)NC1CCCC1. The van der Waals surface area contributed by atoms with Gasteiger partial charge in [0.15, 0.2) is 0 Å². The molecule has 1 aliphatic carbocycles. The number of ether oxygens (including phenoxy) is 1. The van der Waals surface area contributed by atoms with E-state index in [0.717, 1.165) is 12.8 Å². The van der Waals surface area contributed by atoms with Crippen LogP contribution in [-0.2, 0) is 9.53 Å². The maximum atomic E-state index is 11.4. The quantitative estimate of drug-likeness (QED) is 0.549. The van der Waals surface area contributed by atoms with Crippen molar-refractivity contribution in [2.75, 3.05) is 13.2 Å². The molecule has 1 fully saturated rings. The molecular formula is C12H22N2O3. The molecular weight excluding hydrogens is 220 g/mol. The van der Waals surface area contributed by atoms with Gasteiger partial charge in [0, 0.05) is 19.0 Å². The van der Waals surface area contributed by atoms with Gasteiger partial charge in [-0.25, -0.2) is 4.79 Å². The Morgan fingerprint density at radius 3 is 2.65 bits per heavy atom. The fraction of sp³-hybridized carbons (Fsp3) is 0.833. The van der Waals surface area contributed by atoms with E-state index in [1.165, 1.54) is 12.8 Å². The zero-order chi connectivity index (χ0) is 12.5. The highest BCUT2D eigenvalue weighted by Gasteiger charge is 2.16. The van der Waals surface area contributed by atoms with Gasteiger partial charge in [0.05, 0.1) is 6.61 Å². The highest BCUT2D eigenvalue weighted by molar-refractivity contribution is 5.74. The molecule has 0 aromatic rings. The maximum Gasteiger partial charge on any atom is 0.315 e. The summed E-state index contributed by atoms with van der Waals surface area (Å²) in [5, 5.41) is 5.68. The highest BCUT2D eigenvalue weighted by Crippen LogP contribution is 2.17. The molecule has 98 valence electrons. The van der Waals surface area contributed by atoms with Crippen molar-refractivity contribution in [3.05, 3.63) is 0 Å². The third kappa shape index (κ3) is 6.14. The van der Waals surface area contributed by atoms with Gasteiger partial charge in [-0.05, 0) is 26.2 Å². The summed E-state index contributed by atoms with van der Waals surface area (Å²) in [6.07, 6.45) is 5.54. The van der Waals surface area contributed by atoms with E-state index in [-0.39, 0.29) is 12.0 Å². The molecule has 5 heteroatoms. The molecule has 0 saturated heterocycles. The Bertz CT molecular complexity index is 250. The lowest BCUT2D eigenvalue weighted by Crippen LogP contribution is -2.41. The minimum absolute atomic E-state index is 0.124. The highest BCUT2D eigenvalue weighted by atomic mass is 16.5. The first kappa shape index (κ1) is 13.8. The number of hydrogen-bond donors (Lipinski definition) is 2. The molecule has 2 amide bonds. The normalized spacial score (nSPS) is 15.6. The van der Waals surface area contributed by atoms with E-state index in [9.17, 15) is 9.59 Å². The second kappa shape index (κ2) is 7.92. The Morgan fingerprint density at radius 1 is 1.29 bits per heavy atom. The molecule has 0 aliphatic heterocycles. The molecule has 0 radical (unpaired) electrons. The van der Waals surface area contributed by atoms with Crippen LogP contribution in [0.5, 0.6) is 0 Å². The second-order valence-corrected chi connectivity index (χ2v) is 4.29. The third-order valence-corrected chi connectivity index (χ3v) is 2.84. The molecule has 0 bridgehead atoms. The van der Waals surface area contributed by atoms with Gasteiger partial charge in [-0.15, -0.1) is 0 Å². The van der Waals surface area contributed by atoms with Crippen LogP contribution in [0.1, 0.15) is 45.4 Å². The van der Waals surface area contributed by atoms with E-state index in [1.54, 1.807) is 6.92 Å². The summed E-state index contributed by atoms with van der Waals surface area (Å²) in [7, 11) is 0. The smallest absolute Gasteiger partial charge is 0.315 e. The number of carbonyl (C=O) groups excluding carboxylic acids is 2. The van der Waals surface area contributed by atoms with E-state index in [0.29, 0.717) is 32.0 Å². The summed E-state index contributed by atoms with van der Waals surface area (Å²) >= 11 is 0. The molecule has 0 aromatic heterocycles. The Morgan fingerprint density at radius 2 is 2.00 bits per heavy atom. The molecule has 1 rings (SSSR count). The molecule has 0 heterocycles. The van der Waals surface area contributed by atoms with Gasteiger partial charge in [0.2, 0.25) is 0 Å². The molecule has 1 aliphatic rings. The first-order chi connectivity index (χ1) is 8.22. The van der Waals surface area contributed by atoms with Crippen LogP contribution in [0.3, 0.4) is 0 Å². The van der Waals surface area contributed by atoms with Crippen molar-refractivity contribution in [1.82, 2.24) is 10.6 Å². The minimum atomic E-state index is -0.203. The van der Waals surface area contributed by atoms with Crippen LogP contribution >= 0.6 is 0 Å². The number of esters is 1. The lowest BCUT2D eigenvalue weighted by Gasteiger charge is -2.12. The van der Waals surface area contributed by atoms with Gasteiger partial charge in [-0.2, -0.15) is 0 Å². The first-order valence-electron chi connectivity index (χ1n) is 6.42. The molecule has 0 spiro atoms. The first-order valence-corrected chi connectivity index (χ1v) is 6.42. The zero-order valence-corrected chi connectivity index (χ0v) is 10.5. The summed E-state index contributed by atoms with van der Waals surface area (Å²) in [5.41, 5.74) is 0. The fourth-order valence-electron chi connectivity index (χ4n) is 1.97. The minimum Gasteiger partial charge on any atom is -0.466 e. The monoisotopic (exact) mass is 242 g/mol. The van der Waals surface area contributed by atoms with Gasteiger partial charge in [0.1, 0.15) is 0 Å². The Kier molecular flexibility index (Phi) is 6.43. The van der Waals surface area contributed by atoms with Gasteiger partial charge in [-0.1, -0.05) is 12.8 Å². The molecule has 0 unspecified atom stereocenters. The molecule has 5 nitrogen and oxygen atoms in total. The Hall–Kier alpha value is -1.26. The van der Waals surface area contributed by atoms with Gasteiger partial charge >= 0.3 is 12.0 Å². The standard InChI is InChI=1S/C12H22N2O3/c1-2-17-11(15)8-5-9-13-12(16)14-10-6-3-4-7-10/h10H,2-9H2,1H3,(H2,13,14,16). The van der Waals surface area contributed by atoms with Crippen LogP contribution in [-0.4, -0.2) is 31.2 Å². The molecule has 0 atom stereocenters. The summed E-state index contributed by atoms with van der Waals surface area (Å²) in [6.45, 7) is 2.71. The zero-order valence-electron chi connectivity index (χ0n) is 10.5. The van der Waals surface area contributed by atoms with Crippen molar-refractivity contribution < 1.29 is 14.3 Å². The van der Waals surface area contributed by atoms with E-state index in [4.69, 9.17) is 4.74 Å². The van der Waals surface area contributed by atoms with E-state index >= 15 is 0 Å². The molecule has 0 aromatic carbocycles. The lowest BCUT2D eigenvalue weighted by atomic mass is 10.2. The van der Waals surface area contributed by atoms with Crippen LogP contribution in [0.4, 0.5) is 4.79 Å². The average molecular weight is 242 g/mol. The number of carbonyl (C=O) groups is 2. The van der Waals surface area contributed by atoms with Gasteiger partial charge in [0.25, 0.3) is 0 Å². The van der Waals surface area contributed by atoms with E-state index in [2.05, 4.69) is 10.6 Å². The summed E-state index contributed by atoms with van der Waals surface area (Å²) in [5.74, 6) is -0.203. The van der Waals surface area contributed by atoms with Crippen molar-refractivity contribution in [1.29, 1.82) is 0 Å². The number of amides is 2. The van der Waals surface area contributed by atoms with E-state index < -0.39 is 0 Å². The molecule has 1 saturated carbocycles. The van der Waals surface area contributed by atoms with E-state index in [1.807, 2.05) is 0 Å². The summed E-state index contributed by atoms with van der Waals surface area (Å²) in [4.78, 5) is 22.4. The van der Waals surface area contributed by atoms with Crippen molar-refractivity contribution in [3.8, 4) is 0 Å². The summed E-state index contributed by atoms with van der Waals surface area (Å²) in [6, 6.07) is 0.209. The van der Waals surface area contributed by atoms with Crippen LogP contribution in [0.25, 0.3) is 0 Å². The third-order valence-electron chi connectivity index (χ3n) is 2.84. The maximum absolute atomic E-state index is 11.4. The average Bonchev–Trinajstić information content (AvgIpc) is 2.77. The van der Waals surface area contributed by atoms with Crippen LogP contribution in [0, 0.1) is 0 Å². The van der Waals surface area contributed by atoms with Crippen molar-refractivity contribution in [3.63, 3.8) is 0 Å². The Balaban J connectivity index is 1.98. The largest absolute Gasteiger partial charge is 0.466 e. The number of urea groups is 1. The van der Waals surface area contributed by atoms with Crippen molar-refractivity contribution in [2.45, 2.75) is 51.5 Å². The van der Waals surface area contributed by atoms with Crippen molar-refractivity contribution in [2.24, 2.45) is 0 Å². The van der Waals surface area contributed by atoms with Crippen LogP contribution in [0.2, 0.25) is 0 Å². The number of hydrogen-bond acceptors (Lipinski definition) is 3. The van der Waals surface area contributed by atoms with Gasteiger partial charge < -0.3 is 15.4 Å². The van der Waals surface area contributed by atoms with Gasteiger partial charge in [-0.3, -0.25) is 4.79 Å². The second-order valence-electron chi connectivity index (χ2n) is 4.29. The van der Waals surface area contributed by atoms with Crippen LogP contribution in [0.15, 0.2) is 0 Å². The van der Waals surface area contributed by atoms with Crippen LogP contribution < -0.4 is 10.6 Å². The van der Waals surface area contributed by atoms with Crippen molar-refractivity contribution >= 4 is 12.0 Å². The Labute approximate surface area is 102 Å². The summed E-state index contributed by atoms with van der Waals surface area (Å²) < 4.78 is 4.79. The number of nitrogens with one attached hydrogen (secondary N) is 2. The number of rotatable bonds is 6. The predicted molar refractivity (Wildman–Crippen MR) is 64.7 cm³/mol. The molecule has 2 N–H and O–H groups in total. The predicted octanol–water partition coefficient (Wildman–Crippen LogP) is 1.57. The lowest BCUT2D eigenvalue weighted by molar-refractivity contribution is -0.143. The topological polar surface area (TPSA) is 67.4 Å². The fourth-order valence-corrected chi connectivity index (χ4v) is 1.97. The molecule has 17 heavy (non-hydrogen) atoms.